The van der Waals surface area contributed by atoms with E-state index in [4.69, 9.17) is 5.84 Å². The van der Waals surface area contributed by atoms with Crippen molar-refractivity contribution in [3.8, 4) is 0 Å². The minimum atomic E-state index is -0.134. The molecule has 0 radical (unpaired) electrons. The maximum Gasteiger partial charge on any atom is 0.229 e. The van der Waals surface area contributed by atoms with Crippen molar-refractivity contribution in [2.45, 2.75) is 26.3 Å². The van der Waals surface area contributed by atoms with Gasteiger partial charge in [0.25, 0.3) is 0 Å². The second kappa shape index (κ2) is 5.14. The zero-order chi connectivity index (χ0) is 13.1. The zero-order valence-corrected chi connectivity index (χ0v) is 10.2. The topological polar surface area (TPSA) is 88.3 Å². The van der Waals surface area contributed by atoms with Gasteiger partial charge in [-0.3, -0.25) is 14.5 Å². The lowest BCUT2D eigenvalue weighted by Crippen LogP contribution is -2.42. The molecule has 0 saturated carbocycles. The lowest BCUT2D eigenvalue weighted by atomic mass is 9.97. The summed E-state index contributed by atoms with van der Waals surface area (Å²) in [6, 6.07) is 3.54. The summed E-state index contributed by atoms with van der Waals surface area (Å²) in [6.45, 7) is 2.13. The number of pyridine rings is 1. The Kier molecular flexibility index (Phi) is 3.57. The Morgan fingerprint density at radius 1 is 1.44 bits per heavy atom. The largest absolute Gasteiger partial charge is 0.308 e. The molecule has 0 bridgehead atoms. The van der Waals surface area contributed by atoms with Gasteiger partial charge in [-0.2, -0.15) is 0 Å². The third-order valence-corrected chi connectivity index (χ3v) is 3.00. The fourth-order valence-corrected chi connectivity index (χ4v) is 2.07. The first kappa shape index (κ1) is 12.5. The average molecular weight is 248 g/mol. The Bertz CT molecular complexity index is 457. The van der Waals surface area contributed by atoms with Crippen molar-refractivity contribution < 1.29 is 9.59 Å². The van der Waals surface area contributed by atoms with Crippen LogP contribution in [0.4, 0.5) is 5.82 Å². The summed E-state index contributed by atoms with van der Waals surface area (Å²) in [5, 5.41) is 0. The van der Waals surface area contributed by atoms with E-state index >= 15 is 0 Å². The van der Waals surface area contributed by atoms with Crippen LogP contribution in [-0.2, 0) is 16.1 Å². The molecule has 1 aromatic heterocycles. The maximum atomic E-state index is 11.9. The summed E-state index contributed by atoms with van der Waals surface area (Å²) >= 11 is 0. The van der Waals surface area contributed by atoms with E-state index in [1.165, 1.54) is 4.90 Å². The number of carbonyl (C=O) groups excluding carboxylic acids is 2. The van der Waals surface area contributed by atoms with Gasteiger partial charge in [-0.25, -0.2) is 10.8 Å². The molecule has 0 aliphatic carbocycles. The number of aromatic nitrogens is 1. The SMILES string of the molecule is CC1CC(=O)N(Cc2cccnc2NN)C(=O)C1. The lowest BCUT2D eigenvalue weighted by molar-refractivity contribution is -0.150. The number of carbonyl (C=O) groups is 2. The monoisotopic (exact) mass is 248 g/mol. The van der Waals surface area contributed by atoms with E-state index in [2.05, 4.69) is 10.4 Å². The molecule has 2 rings (SSSR count). The minimum Gasteiger partial charge on any atom is -0.308 e. The molecule has 1 aromatic rings. The summed E-state index contributed by atoms with van der Waals surface area (Å²) in [5.41, 5.74) is 3.20. The van der Waals surface area contributed by atoms with Gasteiger partial charge in [-0.15, -0.1) is 0 Å². The van der Waals surface area contributed by atoms with Gasteiger partial charge in [0.2, 0.25) is 11.8 Å². The van der Waals surface area contributed by atoms with Gasteiger partial charge in [0.15, 0.2) is 0 Å². The molecule has 0 unspecified atom stereocenters. The average Bonchev–Trinajstić information content (AvgIpc) is 2.34. The number of nitrogens with one attached hydrogen (secondary N) is 1. The van der Waals surface area contributed by atoms with Crippen LogP contribution < -0.4 is 11.3 Å². The summed E-state index contributed by atoms with van der Waals surface area (Å²) in [6.07, 6.45) is 2.43. The van der Waals surface area contributed by atoms with Gasteiger partial charge in [-0.05, 0) is 12.0 Å². The van der Waals surface area contributed by atoms with Crippen molar-refractivity contribution in [1.82, 2.24) is 9.88 Å². The molecule has 96 valence electrons. The fourth-order valence-electron chi connectivity index (χ4n) is 2.07. The van der Waals surface area contributed by atoms with Gasteiger partial charge in [0.1, 0.15) is 5.82 Å². The third kappa shape index (κ3) is 2.48. The van der Waals surface area contributed by atoms with E-state index in [-0.39, 0.29) is 24.3 Å². The van der Waals surface area contributed by atoms with Crippen LogP contribution in [0.3, 0.4) is 0 Å². The molecule has 6 heteroatoms. The first-order valence-corrected chi connectivity index (χ1v) is 5.85. The molecule has 0 aromatic carbocycles. The van der Waals surface area contributed by atoms with E-state index in [9.17, 15) is 9.59 Å². The first-order valence-electron chi connectivity index (χ1n) is 5.85. The van der Waals surface area contributed by atoms with Crippen LogP contribution in [0.2, 0.25) is 0 Å². The second-order valence-electron chi connectivity index (χ2n) is 4.54. The standard InChI is InChI=1S/C12H16N4O2/c1-8-5-10(17)16(11(18)6-8)7-9-3-2-4-14-12(9)15-13/h2-4,8H,5-7,13H2,1H3,(H,14,15). The van der Waals surface area contributed by atoms with Crippen LogP contribution in [0, 0.1) is 5.92 Å². The summed E-state index contributed by atoms with van der Waals surface area (Å²) in [7, 11) is 0. The Morgan fingerprint density at radius 3 is 2.72 bits per heavy atom. The molecule has 2 amide bonds. The first-order chi connectivity index (χ1) is 8.61. The van der Waals surface area contributed by atoms with Crippen molar-refractivity contribution in [2.24, 2.45) is 11.8 Å². The van der Waals surface area contributed by atoms with E-state index < -0.39 is 0 Å². The number of piperidine rings is 1. The second-order valence-corrected chi connectivity index (χ2v) is 4.54. The van der Waals surface area contributed by atoms with Crippen molar-refractivity contribution >= 4 is 17.6 Å². The molecular formula is C12H16N4O2. The van der Waals surface area contributed by atoms with Crippen LogP contribution >= 0.6 is 0 Å². The van der Waals surface area contributed by atoms with E-state index in [0.717, 1.165) is 5.56 Å². The lowest BCUT2D eigenvalue weighted by Gasteiger charge is -2.28. The third-order valence-electron chi connectivity index (χ3n) is 3.00. The number of hydrogen-bond acceptors (Lipinski definition) is 5. The van der Waals surface area contributed by atoms with Gasteiger partial charge in [0, 0.05) is 24.6 Å². The summed E-state index contributed by atoms with van der Waals surface area (Å²) in [4.78, 5) is 29.0. The molecule has 6 nitrogen and oxygen atoms in total. The van der Waals surface area contributed by atoms with Crippen LogP contribution in [0.25, 0.3) is 0 Å². The normalized spacial score (nSPS) is 17.1. The number of nitrogens with two attached hydrogens (primary N) is 1. The molecule has 2 heterocycles. The number of rotatable bonds is 3. The highest BCUT2D eigenvalue weighted by Gasteiger charge is 2.30. The quantitative estimate of drug-likeness (QED) is 0.466. The molecule has 0 atom stereocenters. The molecule has 18 heavy (non-hydrogen) atoms. The predicted molar refractivity (Wildman–Crippen MR) is 66.0 cm³/mol. The Morgan fingerprint density at radius 2 is 2.11 bits per heavy atom. The fraction of sp³-hybridized carbons (Fsp3) is 0.417. The van der Waals surface area contributed by atoms with Gasteiger partial charge in [-0.1, -0.05) is 13.0 Å². The van der Waals surface area contributed by atoms with Crippen LogP contribution in [0.15, 0.2) is 18.3 Å². The molecule has 1 fully saturated rings. The Balaban J connectivity index is 2.18. The Hall–Kier alpha value is -1.95. The number of amides is 2. The van der Waals surface area contributed by atoms with Crippen LogP contribution in [0.5, 0.6) is 0 Å². The van der Waals surface area contributed by atoms with Gasteiger partial charge >= 0.3 is 0 Å². The Labute approximate surface area is 105 Å². The van der Waals surface area contributed by atoms with Crippen LogP contribution in [-0.4, -0.2) is 21.7 Å². The minimum absolute atomic E-state index is 0.127. The number of hydrogen-bond donors (Lipinski definition) is 2. The highest BCUT2D eigenvalue weighted by molar-refractivity contribution is 5.97. The maximum absolute atomic E-state index is 11.9. The molecule has 0 spiro atoms. The smallest absolute Gasteiger partial charge is 0.229 e. The van der Waals surface area contributed by atoms with E-state index in [1.807, 2.05) is 6.92 Å². The van der Waals surface area contributed by atoms with Gasteiger partial charge in [0.05, 0.1) is 6.54 Å². The van der Waals surface area contributed by atoms with Crippen molar-refractivity contribution in [3.63, 3.8) is 0 Å². The highest BCUT2D eigenvalue weighted by atomic mass is 16.2. The highest BCUT2D eigenvalue weighted by Crippen LogP contribution is 2.22. The molecule has 1 aliphatic rings. The molecular weight excluding hydrogens is 232 g/mol. The zero-order valence-electron chi connectivity index (χ0n) is 10.2. The summed E-state index contributed by atoms with van der Waals surface area (Å²) in [5.74, 6) is 5.69. The molecule has 3 N–H and O–H groups in total. The van der Waals surface area contributed by atoms with Gasteiger partial charge < -0.3 is 5.43 Å². The number of anilines is 1. The predicted octanol–water partition coefficient (Wildman–Crippen LogP) is 0.652. The summed E-state index contributed by atoms with van der Waals surface area (Å²) < 4.78 is 0. The van der Waals surface area contributed by atoms with Crippen molar-refractivity contribution in [2.75, 3.05) is 5.43 Å². The number of nitrogens with zero attached hydrogens (tertiary/aromatic N) is 2. The number of imide groups is 1. The van der Waals surface area contributed by atoms with Crippen molar-refractivity contribution in [1.29, 1.82) is 0 Å². The van der Waals surface area contributed by atoms with E-state index in [0.29, 0.717) is 18.7 Å². The molecule has 1 saturated heterocycles. The number of likely N-dealkylation sites (tertiary alicyclic amines) is 1. The number of hydrazine groups is 1. The number of nitrogen functional groups attached to an aromatic ring is 1. The van der Waals surface area contributed by atoms with Crippen LogP contribution in [0.1, 0.15) is 25.3 Å². The van der Waals surface area contributed by atoms with E-state index in [1.54, 1.807) is 18.3 Å². The van der Waals surface area contributed by atoms with Crippen molar-refractivity contribution in [3.05, 3.63) is 23.9 Å². The molecule has 1 aliphatic heterocycles.